The van der Waals surface area contributed by atoms with Crippen molar-refractivity contribution in [2.45, 2.75) is 13.3 Å². The van der Waals surface area contributed by atoms with Gasteiger partial charge in [-0.05, 0) is 24.6 Å². The Balaban J connectivity index is 1.98. The molecule has 0 fully saturated rings. The van der Waals surface area contributed by atoms with Crippen LogP contribution in [0.2, 0.25) is 0 Å². The van der Waals surface area contributed by atoms with E-state index in [1.165, 1.54) is 11.3 Å². The normalized spacial score (nSPS) is 10.1. The van der Waals surface area contributed by atoms with Crippen LogP contribution in [0.4, 0.5) is 15.6 Å². The molecule has 104 valence electrons. The minimum Gasteiger partial charge on any atom is -0.481 e. The third kappa shape index (κ3) is 4.02. The van der Waals surface area contributed by atoms with Gasteiger partial charge in [-0.15, -0.1) is 10.2 Å². The highest BCUT2D eigenvalue weighted by Crippen LogP contribution is 2.15. The monoisotopic (exact) mass is 292 g/mol. The zero-order valence-electron chi connectivity index (χ0n) is 10.6. The van der Waals surface area contributed by atoms with Crippen molar-refractivity contribution in [1.82, 2.24) is 10.2 Å². The van der Waals surface area contributed by atoms with Crippen LogP contribution in [0, 0.1) is 6.92 Å². The molecule has 0 aliphatic heterocycles. The van der Waals surface area contributed by atoms with Crippen LogP contribution < -0.4 is 10.6 Å². The number of carbonyl (C=O) groups is 2. The molecule has 1 aromatic carbocycles. The van der Waals surface area contributed by atoms with Crippen molar-refractivity contribution < 1.29 is 14.7 Å². The second kappa shape index (κ2) is 6.11. The van der Waals surface area contributed by atoms with Crippen LogP contribution in [0.1, 0.15) is 10.6 Å². The van der Waals surface area contributed by atoms with E-state index in [2.05, 4.69) is 20.8 Å². The molecule has 0 aliphatic rings. The van der Waals surface area contributed by atoms with Crippen LogP contribution >= 0.6 is 11.3 Å². The maximum atomic E-state index is 11.7. The van der Waals surface area contributed by atoms with Crippen LogP contribution in [-0.2, 0) is 11.2 Å². The molecule has 1 aromatic heterocycles. The Kier molecular flexibility index (Phi) is 4.26. The summed E-state index contributed by atoms with van der Waals surface area (Å²) < 4.78 is 0. The molecule has 0 saturated carbocycles. The Labute approximate surface area is 118 Å². The van der Waals surface area contributed by atoms with Gasteiger partial charge < -0.3 is 10.4 Å². The SMILES string of the molecule is Cc1nnc(NC(=O)Nc2cccc(CC(=O)O)c2)s1. The predicted molar refractivity (Wildman–Crippen MR) is 75.1 cm³/mol. The van der Waals surface area contributed by atoms with Crippen molar-refractivity contribution in [2.24, 2.45) is 0 Å². The van der Waals surface area contributed by atoms with Crippen molar-refractivity contribution in [3.8, 4) is 0 Å². The van der Waals surface area contributed by atoms with Gasteiger partial charge in [0, 0.05) is 5.69 Å². The second-order valence-electron chi connectivity index (χ2n) is 3.98. The maximum Gasteiger partial charge on any atom is 0.325 e. The molecule has 0 aliphatic carbocycles. The number of hydrogen-bond donors (Lipinski definition) is 3. The van der Waals surface area contributed by atoms with Gasteiger partial charge in [0.1, 0.15) is 5.01 Å². The number of nitrogens with one attached hydrogen (secondary N) is 2. The fourth-order valence-electron chi connectivity index (χ4n) is 1.54. The molecular formula is C12H12N4O3S. The first kappa shape index (κ1) is 13.9. The summed E-state index contributed by atoms with van der Waals surface area (Å²) in [6.45, 7) is 1.79. The summed E-state index contributed by atoms with van der Waals surface area (Å²) in [5.41, 5.74) is 1.13. The highest BCUT2D eigenvalue weighted by atomic mass is 32.1. The average molecular weight is 292 g/mol. The third-order valence-corrected chi connectivity index (χ3v) is 3.04. The fraction of sp³-hybridized carbons (Fsp3) is 0.167. The first-order chi connectivity index (χ1) is 9.52. The number of carbonyl (C=O) groups excluding carboxylic acids is 1. The summed E-state index contributed by atoms with van der Waals surface area (Å²) in [6, 6.07) is 6.21. The highest BCUT2D eigenvalue weighted by molar-refractivity contribution is 7.15. The molecule has 0 unspecified atom stereocenters. The van der Waals surface area contributed by atoms with E-state index in [4.69, 9.17) is 5.11 Å². The van der Waals surface area contributed by atoms with Crippen LogP contribution in [0.25, 0.3) is 0 Å². The molecule has 0 saturated heterocycles. The summed E-state index contributed by atoms with van der Waals surface area (Å²) in [5, 5.41) is 22.6. The maximum absolute atomic E-state index is 11.7. The van der Waals surface area contributed by atoms with Gasteiger partial charge in [-0.25, -0.2) is 4.79 Å². The van der Waals surface area contributed by atoms with E-state index in [0.717, 1.165) is 5.01 Å². The molecule has 20 heavy (non-hydrogen) atoms. The first-order valence-electron chi connectivity index (χ1n) is 5.72. The van der Waals surface area contributed by atoms with Crippen LogP contribution in [0.3, 0.4) is 0 Å². The lowest BCUT2D eigenvalue weighted by atomic mass is 10.1. The third-order valence-electron chi connectivity index (χ3n) is 2.29. The van der Waals surface area contributed by atoms with E-state index in [-0.39, 0.29) is 6.42 Å². The van der Waals surface area contributed by atoms with Crippen molar-refractivity contribution in [3.05, 3.63) is 34.8 Å². The topological polar surface area (TPSA) is 104 Å². The molecule has 0 radical (unpaired) electrons. The zero-order valence-corrected chi connectivity index (χ0v) is 11.4. The van der Waals surface area contributed by atoms with E-state index in [9.17, 15) is 9.59 Å². The second-order valence-corrected chi connectivity index (χ2v) is 5.16. The Morgan fingerprint density at radius 2 is 2.10 bits per heavy atom. The van der Waals surface area contributed by atoms with Crippen molar-refractivity contribution >= 4 is 34.2 Å². The van der Waals surface area contributed by atoms with Crippen molar-refractivity contribution in [3.63, 3.8) is 0 Å². The minimum atomic E-state index is -0.920. The number of hydrogen-bond acceptors (Lipinski definition) is 5. The molecule has 0 spiro atoms. The largest absolute Gasteiger partial charge is 0.481 e. The van der Waals surface area contributed by atoms with E-state index >= 15 is 0 Å². The lowest BCUT2D eigenvalue weighted by molar-refractivity contribution is -0.136. The molecule has 0 bridgehead atoms. The van der Waals surface area contributed by atoms with E-state index < -0.39 is 12.0 Å². The van der Waals surface area contributed by atoms with Crippen LogP contribution in [0.15, 0.2) is 24.3 Å². The molecule has 1 heterocycles. The Morgan fingerprint density at radius 3 is 2.75 bits per heavy atom. The van der Waals surface area contributed by atoms with Crippen molar-refractivity contribution in [2.75, 3.05) is 10.6 Å². The minimum absolute atomic E-state index is 0.0905. The Bertz CT molecular complexity index is 641. The van der Waals surface area contributed by atoms with Gasteiger partial charge in [0.05, 0.1) is 6.42 Å². The number of benzene rings is 1. The zero-order chi connectivity index (χ0) is 14.5. The van der Waals surface area contributed by atoms with Gasteiger partial charge in [0.2, 0.25) is 5.13 Å². The number of anilines is 2. The molecular weight excluding hydrogens is 280 g/mol. The lowest BCUT2D eigenvalue weighted by Crippen LogP contribution is -2.19. The number of aryl methyl sites for hydroxylation is 1. The standard InChI is InChI=1S/C12H12N4O3S/c1-7-15-16-12(20-7)14-11(19)13-9-4-2-3-8(5-9)6-10(17)18/h2-5H,6H2,1H3,(H,17,18)(H2,13,14,16,19). The molecule has 2 rings (SSSR count). The lowest BCUT2D eigenvalue weighted by Gasteiger charge is -2.06. The number of urea groups is 1. The summed E-state index contributed by atoms with van der Waals surface area (Å²) in [4.78, 5) is 22.4. The van der Waals surface area contributed by atoms with Crippen LogP contribution in [-0.4, -0.2) is 27.3 Å². The Hall–Kier alpha value is -2.48. The number of carboxylic acid groups (broad SMARTS) is 1. The van der Waals surface area contributed by atoms with Gasteiger partial charge in [0.15, 0.2) is 0 Å². The van der Waals surface area contributed by atoms with E-state index in [1.807, 2.05) is 0 Å². The number of aliphatic carboxylic acids is 1. The number of amides is 2. The summed E-state index contributed by atoms with van der Waals surface area (Å²) in [7, 11) is 0. The number of carboxylic acids is 1. The summed E-state index contributed by atoms with van der Waals surface area (Å²) >= 11 is 1.27. The number of aromatic nitrogens is 2. The average Bonchev–Trinajstić information content (AvgIpc) is 2.74. The summed E-state index contributed by atoms with van der Waals surface area (Å²) in [6.07, 6.45) is -0.0905. The van der Waals surface area contributed by atoms with Gasteiger partial charge in [-0.3, -0.25) is 10.1 Å². The molecule has 3 N–H and O–H groups in total. The molecule has 0 atom stereocenters. The predicted octanol–water partition coefficient (Wildman–Crippen LogP) is 2.12. The van der Waals surface area contributed by atoms with Crippen LogP contribution in [0.5, 0.6) is 0 Å². The highest BCUT2D eigenvalue weighted by Gasteiger charge is 2.07. The van der Waals surface area contributed by atoms with E-state index in [1.54, 1.807) is 31.2 Å². The van der Waals surface area contributed by atoms with Gasteiger partial charge in [0.25, 0.3) is 0 Å². The van der Waals surface area contributed by atoms with Gasteiger partial charge >= 0.3 is 12.0 Å². The fourth-order valence-corrected chi connectivity index (χ4v) is 2.13. The van der Waals surface area contributed by atoms with Gasteiger partial charge in [-0.1, -0.05) is 23.5 Å². The smallest absolute Gasteiger partial charge is 0.325 e. The van der Waals surface area contributed by atoms with Gasteiger partial charge in [-0.2, -0.15) is 0 Å². The molecule has 2 amide bonds. The molecule has 8 heteroatoms. The quantitative estimate of drug-likeness (QED) is 0.800. The number of nitrogens with zero attached hydrogens (tertiary/aromatic N) is 2. The van der Waals surface area contributed by atoms with E-state index in [0.29, 0.717) is 16.4 Å². The van der Waals surface area contributed by atoms with Crippen molar-refractivity contribution in [1.29, 1.82) is 0 Å². The summed E-state index contributed by atoms with van der Waals surface area (Å²) in [5.74, 6) is -0.920. The number of rotatable bonds is 4. The molecule has 7 nitrogen and oxygen atoms in total. The molecule has 2 aromatic rings. The Morgan fingerprint density at radius 1 is 1.30 bits per heavy atom. The first-order valence-corrected chi connectivity index (χ1v) is 6.53.